The Hall–Kier alpha value is -3.16. The molecule has 6 nitrogen and oxygen atoms in total. The molecule has 4 aromatic rings. The average molecular weight is 567 g/mol. The van der Waals surface area contributed by atoms with Crippen LogP contribution in [0.4, 0.5) is 4.39 Å². The van der Waals surface area contributed by atoms with E-state index in [0.717, 1.165) is 80.1 Å². The Balaban J connectivity index is 1.25. The van der Waals surface area contributed by atoms with Crippen molar-refractivity contribution < 1.29 is 14.2 Å². The maximum absolute atomic E-state index is 16.8. The largest absolute Gasteiger partial charge is 0.461 e. The van der Waals surface area contributed by atoms with Crippen LogP contribution in [0.2, 0.25) is 0 Å². The Morgan fingerprint density at radius 3 is 2.62 bits per heavy atom. The molecule has 4 fully saturated rings. The number of fused-ring (bicyclic) bond motifs is 5. The molecule has 8 rings (SSSR count). The highest BCUT2D eigenvalue weighted by molar-refractivity contribution is 6.00. The van der Waals surface area contributed by atoms with Crippen LogP contribution in [-0.4, -0.2) is 56.3 Å². The molecule has 1 N–H and O–H groups in total. The zero-order valence-electron chi connectivity index (χ0n) is 24.4. The number of benzene rings is 2. The third-order valence-corrected chi connectivity index (χ3v) is 10.9. The number of aliphatic hydroxyl groups excluding tert-OH is 1. The van der Waals surface area contributed by atoms with Crippen molar-refractivity contribution in [2.45, 2.75) is 82.3 Å². The lowest BCUT2D eigenvalue weighted by atomic mass is 9.78. The summed E-state index contributed by atoms with van der Waals surface area (Å²) in [5, 5.41) is 13.4. The minimum Gasteiger partial charge on any atom is -0.461 e. The molecule has 4 heterocycles. The fourth-order valence-corrected chi connectivity index (χ4v) is 8.94. The van der Waals surface area contributed by atoms with Crippen molar-refractivity contribution in [3.05, 3.63) is 59.7 Å². The van der Waals surface area contributed by atoms with Gasteiger partial charge in [-0.1, -0.05) is 43.3 Å². The summed E-state index contributed by atoms with van der Waals surface area (Å²) in [6.45, 7) is 4.90. The Labute approximate surface area is 246 Å². The lowest BCUT2D eigenvalue weighted by molar-refractivity contribution is 0.107. The number of aryl methyl sites for hydroxylation is 1. The van der Waals surface area contributed by atoms with Crippen LogP contribution in [0.1, 0.15) is 75.5 Å². The third kappa shape index (κ3) is 4.22. The van der Waals surface area contributed by atoms with Crippen LogP contribution in [0.5, 0.6) is 6.01 Å². The maximum Gasteiger partial charge on any atom is 0.317 e. The highest BCUT2D eigenvalue weighted by atomic mass is 19.1. The Bertz CT molecular complexity index is 1660. The second-order valence-electron chi connectivity index (χ2n) is 13.3. The number of rotatable bonds is 6. The minimum atomic E-state index is -0.417. The van der Waals surface area contributed by atoms with Gasteiger partial charge in [-0.15, -0.1) is 0 Å². The van der Waals surface area contributed by atoms with Gasteiger partial charge in [0.2, 0.25) is 0 Å². The maximum atomic E-state index is 16.8. The summed E-state index contributed by atoms with van der Waals surface area (Å²) < 4.78 is 23.2. The topological polar surface area (TPSA) is 71.4 Å². The van der Waals surface area contributed by atoms with Crippen LogP contribution < -0.4 is 4.74 Å². The van der Waals surface area contributed by atoms with Gasteiger partial charge in [0.25, 0.3) is 0 Å². The van der Waals surface area contributed by atoms with Crippen molar-refractivity contribution in [3.8, 4) is 17.3 Å². The molecule has 4 aliphatic rings. The van der Waals surface area contributed by atoms with Gasteiger partial charge in [0.1, 0.15) is 17.8 Å². The molecule has 2 saturated carbocycles. The van der Waals surface area contributed by atoms with Gasteiger partial charge < -0.3 is 9.84 Å². The van der Waals surface area contributed by atoms with E-state index in [1.807, 2.05) is 12.1 Å². The molecule has 42 heavy (non-hydrogen) atoms. The van der Waals surface area contributed by atoms with E-state index in [-0.39, 0.29) is 35.0 Å². The van der Waals surface area contributed by atoms with Gasteiger partial charge in [-0.25, -0.2) is 4.39 Å². The first kappa shape index (κ1) is 26.5. The molecular formula is C35H39FN4O2. The standard InChI is InChI=1S/C35H39FN4O2/c1-2-22-7-3-8-23-9-4-10-26(29(22)23)32-30(36)33-27(19-37-32)31(25-16-21-15-24(18-25)28(41)17-21)38-34(39-33)42-20-35-11-5-13-40(35)14-6-12-35/h3-4,7-10,19,21,24-25,28,41H,2,5-6,11-18,20H2,1H3. The molecule has 2 saturated heterocycles. The van der Waals surface area contributed by atoms with Crippen molar-refractivity contribution in [2.75, 3.05) is 19.7 Å². The second-order valence-corrected chi connectivity index (χ2v) is 13.3. The summed E-state index contributed by atoms with van der Waals surface area (Å²) in [5.74, 6) is 0.456. The van der Waals surface area contributed by atoms with Crippen molar-refractivity contribution in [1.29, 1.82) is 0 Å². The van der Waals surface area contributed by atoms with Crippen molar-refractivity contribution in [1.82, 2.24) is 19.9 Å². The number of nitrogens with zero attached hydrogens (tertiary/aromatic N) is 4. The third-order valence-electron chi connectivity index (χ3n) is 10.9. The smallest absolute Gasteiger partial charge is 0.317 e. The van der Waals surface area contributed by atoms with Gasteiger partial charge in [0.15, 0.2) is 5.82 Å². The first-order valence-corrected chi connectivity index (χ1v) is 16.0. The normalized spacial score (nSPS) is 26.7. The fourth-order valence-electron chi connectivity index (χ4n) is 8.94. The average Bonchev–Trinajstić information content (AvgIpc) is 3.67. The highest BCUT2D eigenvalue weighted by Gasteiger charge is 2.45. The molecule has 4 atom stereocenters. The van der Waals surface area contributed by atoms with Crippen LogP contribution in [-0.2, 0) is 6.42 Å². The lowest BCUT2D eigenvalue weighted by Crippen LogP contribution is -2.43. The molecule has 4 unspecified atom stereocenters. The molecule has 2 aliphatic carbocycles. The van der Waals surface area contributed by atoms with Crippen molar-refractivity contribution in [3.63, 3.8) is 0 Å². The second kappa shape index (κ2) is 10.2. The SMILES string of the molecule is CCc1cccc2cccc(-c3ncc4c(C5CC6CC(O)C(C6)C5)nc(OCC56CCCN5CCC6)nc4c3F)c12. The Kier molecular flexibility index (Phi) is 6.45. The van der Waals surface area contributed by atoms with E-state index in [0.29, 0.717) is 23.6 Å². The van der Waals surface area contributed by atoms with Gasteiger partial charge in [-0.2, -0.15) is 9.97 Å². The van der Waals surface area contributed by atoms with Gasteiger partial charge in [0.05, 0.1) is 17.3 Å². The van der Waals surface area contributed by atoms with E-state index >= 15 is 4.39 Å². The van der Waals surface area contributed by atoms with Crippen LogP contribution in [0.25, 0.3) is 32.9 Å². The summed E-state index contributed by atoms with van der Waals surface area (Å²) in [7, 11) is 0. The van der Waals surface area contributed by atoms with Crippen LogP contribution in [0.3, 0.4) is 0 Å². The van der Waals surface area contributed by atoms with Crippen LogP contribution in [0.15, 0.2) is 42.6 Å². The number of aromatic nitrogens is 3. The molecule has 2 aliphatic heterocycles. The van der Waals surface area contributed by atoms with E-state index in [1.165, 1.54) is 18.4 Å². The Morgan fingerprint density at radius 1 is 1.02 bits per heavy atom. The van der Waals surface area contributed by atoms with E-state index in [9.17, 15) is 5.11 Å². The summed E-state index contributed by atoms with van der Waals surface area (Å²) in [4.78, 5) is 17.1. The predicted octanol–water partition coefficient (Wildman–Crippen LogP) is 6.82. The summed E-state index contributed by atoms with van der Waals surface area (Å²) >= 11 is 0. The zero-order chi connectivity index (χ0) is 28.4. The van der Waals surface area contributed by atoms with E-state index in [1.54, 1.807) is 6.20 Å². The summed E-state index contributed by atoms with van der Waals surface area (Å²) in [6.07, 6.45) is 10.7. The lowest BCUT2D eigenvalue weighted by Gasteiger charge is -2.31. The van der Waals surface area contributed by atoms with Crippen LogP contribution in [0, 0.1) is 17.7 Å². The number of hydrogen-bond donors (Lipinski definition) is 1. The van der Waals surface area contributed by atoms with Crippen LogP contribution >= 0.6 is 0 Å². The van der Waals surface area contributed by atoms with Gasteiger partial charge in [0, 0.05) is 23.1 Å². The number of aliphatic hydroxyl groups is 1. The van der Waals surface area contributed by atoms with Gasteiger partial charge >= 0.3 is 6.01 Å². The number of halogens is 1. The quantitative estimate of drug-likeness (QED) is 0.276. The summed E-state index contributed by atoms with van der Waals surface area (Å²) in [5.41, 5.74) is 3.45. The van der Waals surface area contributed by atoms with Crippen molar-refractivity contribution >= 4 is 21.7 Å². The molecule has 0 radical (unpaired) electrons. The molecule has 2 bridgehead atoms. The highest BCUT2D eigenvalue weighted by Crippen LogP contribution is 2.49. The number of hydrogen-bond acceptors (Lipinski definition) is 6. The molecular weight excluding hydrogens is 527 g/mol. The minimum absolute atomic E-state index is 0.0496. The Morgan fingerprint density at radius 2 is 1.83 bits per heavy atom. The van der Waals surface area contributed by atoms with Crippen molar-refractivity contribution in [2.24, 2.45) is 11.8 Å². The molecule has 7 heteroatoms. The first-order valence-electron chi connectivity index (χ1n) is 16.0. The van der Waals surface area contributed by atoms with Gasteiger partial charge in [-0.3, -0.25) is 9.88 Å². The molecule has 0 spiro atoms. The summed E-state index contributed by atoms with van der Waals surface area (Å²) in [6, 6.07) is 12.5. The molecule has 0 amide bonds. The number of pyridine rings is 1. The zero-order valence-corrected chi connectivity index (χ0v) is 24.4. The van der Waals surface area contributed by atoms with E-state index in [4.69, 9.17) is 19.7 Å². The van der Waals surface area contributed by atoms with E-state index in [2.05, 4.69) is 36.1 Å². The molecule has 2 aromatic heterocycles. The predicted molar refractivity (Wildman–Crippen MR) is 162 cm³/mol. The van der Waals surface area contributed by atoms with Gasteiger partial charge in [-0.05, 0) is 99.0 Å². The van der Waals surface area contributed by atoms with E-state index < -0.39 is 5.82 Å². The molecule has 2 aromatic carbocycles. The number of ether oxygens (including phenoxy) is 1. The fraction of sp³-hybridized carbons (Fsp3) is 0.514. The molecule has 218 valence electrons. The first-order chi connectivity index (χ1) is 20.5. The monoisotopic (exact) mass is 566 g/mol.